The van der Waals surface area contributed by atoms with Gasteiger partial charge in [-0.1, -0.05) is 50.8 Å². The highest BCUT2D eigenvalue weighted by atomic mass is 16.7. The van der Waals surface area contributed by atoms with Gasteiger partial charge < -0.3 is 39.0 Å². The zero-order chi connectivity index (χ0) is 40.2. The number of pyridine rings is 1. The Hall–Kier alpha value is -3.93. The number of hydrogen-bond donors (Lipinski definition) is 2. The number of ether oxygens (including phenoxy) is 5. The first-order valence-electron chi connectivity index (χ1n) is 19.3. The molecule has 55 heavy (non-hydrogen) atoms. The van der Waals surface area contributed by atoms with Crippen LogP contribution in [0.15, 0.2) is 36.5 Å². The van der Waals surface area contributed by atoms with Gasteiger partial charge in [-0.15, -0.1) is 0 Å². The van der Waals surface area contributed by atoms with Crippen LogP contribution in [0.4, 0.5) is 4.79 Å². The van der Waals surface area contributed by atoms with Gasteiger partial charge in [0.2, 0.25) is 0 Å². The van der Waals surface area contributed by atoms with Gasteiger partial charge in [0.1, 0.15) is 30.5 Å². The minimum Gasteiger partial charge on any atom is -0.458 e. The van der Waals surface area contributed by atoms with E-state index in [9.17, 15) is 24.3 Å². The van der Waals surface area contributed by atoms with Gasteiger partial charge in [0, 0.05) is 42.3 Å². The van der Waals surface area contributed by atoms with E-state index in [1.807, 2.05) is 56.3 Å². The van der Waals surface area contributed by atoms with Crippen LogP contribution in [-0.4, -0.2) is 113 Å². The molecule has 3 fully saturated rings. The number of amides is 1. The number of carbonyl (C=O) groups excluding carboxylic acids is 4. The number of ketones is 2. The summed E-state index contributed by atoms with van der Waals surface area (Å²) < 4.78 is 31.1. The second-order valence-corrected chi connectivity index (χ2v) is 16.1. The van der Waals surface area contributed by atoms with Crippen LogP contribution in [0.2, 0.25) is 0 Å². The molecule has 13 heteroatoms. The summed E-state index contributed by atoms with van der Waals surface area (Å²) in [5.74, 6) is 1.85. The van der Waals surface area contributed by atoms with Crippen molar-refractivity contribution < 1.29 is 48.0 Å². The van der Waals surface area contributed by atoms with Crippen LogP contribution in [-0.2, 0) is 44.5 Å². The number of esters is 1. The number of aromatic nitrogens is 1. The van der Waals surface area contributed by atoms with Gasteiger partial charge in [-0.05, 0) is 78.7 Å². The monoisotopic (exact) mass is 763 g/mol. The molecule has 2 N–H and O–H groups in total. The second-order valence-electron chi connectivity index (χ2n) is 16.1. The largest absolute Gasteiger partial charge is 0.458 e. The molecule has 0 aliphatic carbocycles. The highest BCUT2D eigenvalue weighted by Crippen LogP contribution is 2.39. The Labute approximate surface area is 324 Å². The van der Waals surface area contributed by atoms with E-state index in [2.05, 4.69) is 22.1 Å². The normalized spacial score (nSPS) is 36.3. The van der Waals surface area contributed by atoms with E-state index in [4.69, 9.17) is 23.7 Å². The van der Waals surface area contributed by atoms with Crippen LogP contribution in [0.3, 0.4) is 0 Å². The number of nitrogens with zero attached hydrogens (tertiary/aromatic N) is 2. The first kappa shape index (κ1) is 42.2. The minimum absolute atomic E-state index is 0.0775. The third kappa shape index (κ3) is 9.38. The smallest absolute Gasteiger partial charge is 0.408 e. The van der Waals surface area contributed by atoms with Crippen LogP contribution < -0.4 is 5.32 Å². The van der Waals surface area contributed by atoms with E-state index in [1.165, 1.54) is 6.92 Å². The number of aliphatic hydroxyl groups is 1. The number of para-hydroxylation sites is 1. The lowest BCUT2D eigenvalue weighted by Gasteiger charge is -2.47. The van der Waals surface area contributed by atoms with Gasteiger partial charge in [-0.25, -0.2) is 4.79 Å². The van der Waals surface area contributed by atoms with Crippen molar-refractivity contribution in [2.75, 3.05) is 20.7 Å². The van der Waals surface area contributed by atoms with E-state index in [-0.39, 0.29) is 43.8 Å². The summed E-state index contributed by atoms with van der Waals surface area (Å²) in [5, 5.41) is 15.3. The molecule has 1 aromatic heterocycles. The molecule has 3 saturated heterocycles. The third-order valence-electron chi connectivity index (χ3n) is 11.6. The Bertz CT molecular complexity index is 1790. The molecule has 2 aromatic rings. The van der Waals surface area contributed by atoms with E-state index >= 15 is 0 Å². The molecule has 0 radical (unpaired) electrons. The maximum Gasteiger partial charge on any atom is 0.408 e. The molecule has 3 aliphatic heterocycles. The molecule has 3 aliphatic rings. The fourth-order valence-electron chi connectivity index (χ4n) is 8.24. The highest BCUT2D eigenvalue weighted by molar-refractivity contribution is 6.00. The van der Waals surface area contributed by atoms with Crippen molar-refractivity contribution >= 4 is 34.5 Å². The first-order chi connectivity index (χ1) is 26.0. The molecule has 5 rings (SSSR count). The van der Waals surface area contributed by atoms with Crippen molar-refractivity contribution in [3.63, 3.8) is 0 Å². The van der Waals surface area contributed by atoms with E-state index < -0.39 is 77.4 Å². The number of nitrogens with one attached hydrogen (secondary N) is 1. The van der Waals surface area contributed by atoms with E-state index in [0.29, 0.717) is 12.8 Å². The topological polar surface area (TPSA) is 163 Å². The Kier molecular flexibility index (Phi) is 13.4. The van der Waals surface area contributed by atoms with Crippen LogP contribution in [0.1, 0.15) is 79.7 Å². The van der Waals surface area contributed by atoms with Gasteiger partial charge >= 0.3 is 12.1 Å². The number of cyclic esters (lactones) is 1. The van der Waals surface area contributed by atoms with Crippen molar-refractivity contribution in [3.05, 3.63) is 42.1 Å². The number of hydrogen-bond acceptors (Lipinski definition) is 12. The predicted molar refractivity (Wildman–Crippen MR) is 204 cm³/mol. The number of Topliss-reactive ketones (excluding diaryl/α,β-unsaturated/α-hetero) is 2. The summed E-state index contributed by atoms with van der Waals surface area (Å²) in [6.45, 7) is 11.9. The number of benzene rings is 1. The zero-order valence-corrected chi connectivity index (χ0v) is 33.5. The summed E-state index contributed by atoms with van der Waals surface area (Å²) in [7, 11) is 3.73. The highest BCUT2D eigenvalue weighted by Gasteiger charge is 2.55. The fraction of sp³-hybridized carbons (Fsp3) is 0.643. The summed E-state index contributed by atoms with van der Waals surface area (Å²) >= 11 is 0. The lowest BCUT2D eigenvalue weighted by atomic mass is 9.76. The molecule has 1 aromatic carbocycles. The van der Waals surface area contributed by atoms with E-state index in [1.54, 1.807) is 40.8 Å². The van der Waals surface area contributed by atoms with Gasteiger partial charge in [-0.3, -0.25) is 19.4 Å². The van der Waals surface area contributed by atoms with Crippen molar-refractivity contribution in [2.24, 2.45) is 17.8 Å². The van der Waals surface area contributed by atoms with E-state index in [0.717, 1.165) is 16.5 Å². The lowest BCUT2D eigenvalue weighted by molar-refractivity contribution is -0.296. The fourth-order valence-corrected chi connectivity index (χ4v) is 8.24. The number of alkyl carbamates (subject to hydrolysis) is 1. The number of aliphatic hydroxyl groups excluding tert-OH is 1. The minimum atomic E-state index is -1.38. The van der Waals surface area contributed by atoms with Crippen LogP contribution in [0.25, 0.3) is 10.9 Å². The lowest BCUT2D eigenvalue weighted by Crippen LogP contribution is -2.59. The molecule has 12 atom stereocenters. The zero-order valence-electron chi connectivity index (χ0n) is 33.5. The summed E-state index contributed by atoms with van der Waals surface area (Å²) in [4.78, 5) is 61.2. The Balaban J connectivity index is 1.51. The summed E-state index contributed by atoms with van der Waals surface area (Å²) in [6.07, 6.45) is -2.30. The van der Waals surface area contributed by atoms with Gasteiger partial charge in [0.05, 0.1) is 29.4 Å². The quantitative estimate of drug-likeness (QED) is 0.233. The molecule has 0 spiro atoms. The van der Waals surface area contributed by atoms with Crippen molar-refractivity contribution in [1.29, 1.82) is 0 Å². The average molecular weight is 764 g/mol. The summed E-state index contributed by atoms with van der Waals surface area (Å²) in [5.41, 5.74) is -0.907. The molecular formula is C42H57N3O10. The number of likely N-dealkylation sites (N-methyl/N-ethyl adjacent to an activating group) is 1. The number of carbonyl (C=O) groups is 4. The third-order valence-corrected chi connectivity index (χ3v) is 11.6. The van der Waals surface area contributed by atoms with Crippen LogP contribution in [0, 0.1) is 29.6 Å². The average Bonchev–Trinajstić information content (AvgIpc) is 3.44. The first-order valence-corrected chi connectivity index (χ1v) is 19.3. The van der Waals surface area contributed by atoms with Gasteiger partial charge in [0.15, 0.2) is 17.7 Å². The molecule has 1 amide bonds. The molecule has 300 valence electrons. The molecule has 13 nitrogen and oxygen atoms in total. The second kappa shape index (κ2) is 17.5. The van der Waals surface area contributed by atoms with Crippen LogP contribution in [0.5, 0.6) is 0 Å². The van der Waals surface area contributed by atoms with Gasteiger partial charge in [0.25, 0.3) is 0 Å². The number of rotatable bonds is 7. The maximum atomic E-state index is 14.4. The molecule has 0 saturated carbocycles. The Morgan fingerprint density at radius 3 is 2.51 bits per heavy atom. The van der Waals surface area contributed by atoms with Crippen molar-refractivity contribution in [3.8, 4) is 11.8 Å². The standard InChI is InChI=1S/C42H57N3O10/c1-10-34-42(7)33(44-40(50)55-42)21-32(46)24(2)22-41(6,51-18-14-13-15-28-20-29-16-11-12-17-30(29)43-23-28)37(26(4)35(47)27(5)38(49)53-34)54-39-36(48)31(45(8)9)19-25(3)52-39/h11-12,16-17,20,23-27,31,33-34,36-37,39,48H,10,15,18-19,21-22H2,1-9H3,(H,44,50)/t24-,25-,26+,27-,31+,33-,34-,36-,37-,39+,41+,42+/m1/s1. The van der Waals surface area contributed by atoms with Crippen molar-refractivity contribution in [2.45, 2.75) is 135 Å². The molecule has 0 unspecified atom stereocenters. The Morgan fingerprint density at radius 1 is 1.07 bits per heavy atom. The maximum absolute atomic E-state index is 14.4. The van der Waals surface area contributed by atoms with Crippen molar-refractivity contribution in [1.82, 2.24) is 15.2 Å². The van der Waals surface area contributed by atoms with Gasteiger partial charge in [-0.2, -0.15) is 0 Å². The molecular weight excluding hydrogens is 706 g/mol. The summed E-state index contributed by atoms with van der Waals surface area (Å²) in [6, 6.07) is 8.76. The predicted octanol–water partition coefficient (Wildman–Crippen LogP) is 4.40. The molecule has 4 heterocycles. The molecule has 0 bridgehead atoms. The Morgan fingerprint density at radius 2 is 1.80 bits per heavy atom. The SMILES string of the molecule is CC[C@H]1OC(=O)[C@H](C)C(=O)[C@H](C)[C@@H](O[C@@H]2O[C@H](C)C[C@H](N(C)C)[C@H]2O)[C@@](C)(OCC#CCc2cnc3ccccc3c2)C[C@@H](C)C(=O)C[C@H]2NC(=O)O[C@@]21C. The van der Waals surface area contributed by atoms with Crippen LogP contribution >= 0.6 is 0 Å². The number of fused-ring (bicyclic) bond motifs is 2.